The molecule has 102 valence electrons. The van der Waals surface area contributed by atoms with E-state index in [9.17, 15) is 19.6 Å². The molecule has 2 N–H and O–H groups in total. The van der Waals surface area contributed by atoms with Crippen molar-refractivity contribution in [3.8, 4) is 0 Å². The minimum atomic E-state index is -0.924. The lowest BCUT2D eigenvalue weighted by Crippen LogP contribution is -2.36. The number of hydrogen-bond donors (Lipinski definition) is 2. The number of nitroso groups, excluding NO2 is 1. The molecular formula is C13H10N2O5. The molecule has 7 nitrogen and oxygen atoms in total. The minimum Gasteiger partial charge on any atom is -0.386 e. The van der Waals surface area contributed by atoms with Gasteiger partial charge in [0.2, 0.25) is 5.78 Å². The largest absolute Gasteiger partial charge is 0.386 e. The Hall–Kier alpha value is -2.38. The summed E-state index contributed by atoms with van der Waals surface area (Å²) in [5, 5.41) is 14.8. The van der Waals surface area contributed by atoms with Crippen molar-refractivity contribution in [3.63, 3.8) is 0 Å². The summed E-state index contributed by atoms with van der Waals surface area (Å²) in [5.41, 5.74) is 0.0152. The number of benzene rings is 1. The Morgan fingerprint density at radius 1 is 1.35 bits per heavy atom. The lowest BCUT2D eigenvalue weighted by Gasteiger charge is -2.13. The average Bonchev–Trinajstić information content (AvgIpc) is 3.25. The fourth-order valence-electron chi connectivity index (χ4n) is 2.13. The molecule has 0 spiro atoms. The third-order valence-corrected chi connectivity index (χ3v) is 3.22. The van der Waals surface area contributed by atoms with Crippen LogP contribution >= 0.6 is 0 Å². The molecule has 1 aromatic carbocycles. The Balaban J connectivity index is 1.82. The van der Waals surface area contributed by atoms with Crippen LogP contribution in [0.4, 0.5) is 5.69 Å². The first-order valence-corrected chi connectivity index (χ1v) is 5.95. The number of aliphatic hydroxyl groups excluding tert-OH is 1. The highest BCUT2D eigenvalue weighted by atomic mass is 16.6. The van der Waals surface area contributed by atoms with Gasteiger partial charge in [0.1, 0.15) is 17.9 Å². The predicted octanol–water partition coefficient (Wildman–Crippen LogP) is 0.409. The standard InChI is InChI=1S/C13H10N2O5/c16-9-5-8(10(17)12-11(9)20-12)14-13(18)6-3-1-2-4-7(6)15-19/h1-5,9,11-12,16H,(H,14,18). The summed E-state index contributed by atoms with van der Waals surface area (Å²) in [6.45, 7) is 0. The monoisotopic (exact) mass is 274 g/mol. The van der Waals surface area contributed by atoms with E-state index in [4.69, 9.17) is 4.74 Å². The van der Waals surface area contributed by atoms with Crippen molar-refractivity contribution in [2.45, 2.75) is 18.3 Å². The van der Waals surface area contributed by atoms with Gasteiger partial charge < -0.3 is 15.2 Å². The number of ketones is 1. The number of amides is 1. The summed E-state index contributed by atoms with van der Waals surface area (Å²) in [6.07, 6.45) is -0.880. The quantitative estimate of drug-likeness (QED) is 0.613. The van der Waals surface area contributed by atoms with Gasteiger partial charge in [-0.1, -0.05) is 12.1 Å². The molecular weight excluding hydrogens is 264 g/mol. The first kappa shape index (κ1) is 12.6. The first-order valence-electron chi connectivity index (χ1n) is 5.95. The number of Topliss-reactive ketones (excluding diaryl/α,β-unsaturated/α-hetero) is 1. The van der Waals surface area contributed by atoms with E-state index in [0.717, 1.165) is 0 Å². The van der Waals surface area contributed by atoms with E-state index >= 15 is 0 Å². The van der Waals surface area contributed by atoms with E-state index in [-0.39, 0.29) is 22.7 Å². The van der Waals surface area contributed by atoms with Gasteiger partial charge in [0.25, 0.3) is 5.91 Å². The van der Waals surface area contributed by atoms with Crippen molar-refractivity contribution >= 4 is 17.4 Å². The molecule has 0 aromatic heterocycles. The number of hydrogen-bond acceptors (Lipinski definition) is 6. The third-order valence-electron chi connectivity index (χ3n) is 3.22. The molecule has 1 aliphatic carbocycles. The summed E-state index contributed by atoms with van der Waals surface area (Å²) in [5.74, 6) is -1.02. The van der Waals surface area contributed by atoms with Gasteiger partial charge in [-0.15, -0.1) is 4.91 Å². The van der Waals surface area contributed by atoms with Crippen LogP contribution in [0.25, 0.3) is 0 Å². The second-order valence-corrected chi connectivity index (χ2v) is 4.52. The number of nitrogens with one attached hydrogen (secondary N) is 1. The second kappa shape index (κ2) is 4.62. The molecule has 1 saturated heterocycles. The Labute approximate surface area is 113 Å². The van der Waals surface area contributed by atoms with Crippen LogP contribution in [0, 0.1) is 4.91 Å². The molecule has 3 atom stereocenters. The molecule has 3 unspecified atom stereocenters. The fourth-order valence-corrected chi connectivity index (χ4v) is 2.13. The van der Waals surface area contributed by atoms with Crippen LogP contribution in [-0.4, -0.2) is 35.1 Å². The molecule has 1 aliphatic heterocycles. The maximum absolute atomic E-state index is 12.0. The van der Waals surface area contributed by atoms with Crippen LogP contribution in [0.2, 0.25) is 0 Å². The van der Waals surface area contributed by atoms with Gasteiger partial charge in [-0.2, -0.15) is 0 Å². The zero-order chi connectivity index (χ0) is 14.3. The van der Waals surface area contributed by atoms with Crippen LogP contribution < -0.4 is 5.32 Å². The second-order valence-electron chi connectivity index (χ2n) is 4.52. The molecule has 0 saturated carbocycles. The average molecular weight is 274 g/mol. The van der Waals surface area contributed by atoms with Gasteiger partial charge in [0, 0.05) is 0 Å². The Morgan fingerprint density at radius 2 is 2.10 bits per heavy atom. The molecule has 0 bridgehead atoms. The van der Waals surface area contributed by atoms with E-state index in [1.165, 1.54) is 18.2 Å². The van der Waals surface area contributed by atoms with Crippen LogP contribution in [0.15, 0.2) is 41.2 Å². The maximum atomic E-state index is 12.0. The molecule has 1 fully saturated rings. The van der Waals surface area contributed by atoms with Gasteiger partial charge in [-0.3, -0.25) is 9.59 Å². The van der Waals surface area contributed by atoms with E-state index < -0.39 is 24.2 Å². The van der Waals surface area contributed by atoms with Crippen molar-refractivity contribution in [2.75, 3.05) is 0 Å². The number of rotatable bonds is 3. The van der Waals surface area contributed by atoms with Gasteiger partial charge in [0.15, 0.2) is 6.10 Å². The highest BCUT2D eigenvalue weighted by Crippen LogP contribution is 2.33. The van der Waals surface area contributed by atoms with Crippen LogP contribution in [0.3, 0.4) is 0 Å². The Kier molecular flexibility index (Phi) is 2.92. The fraction of sp³-hybridized carbons (Fsp3) is 0.231. The summed E-state index contributed by atoms with van der Waals surface area (Å²) in [4.78, 5) is 34.5. The number of carbonyl (C=O) groups excluding carboxylic acids is 2. The van der Waals surface area contributed by atoms with E-state index in [1.54, 1.807) is 12.1 Å². The molecule has 7 heteroatoms. The number of fused-ring (bicyclic) bond motifs is 1. The number of epoxide rings is 1. The predicted molar refractivity (Wildman–Crippen MR) is 67.1 cm³/mol. The molecule has 2 aliphatic rings. The summed E-state index contributed by atoms with van der Waals surface area (Å²) in [7, 11) is 0. The molecule has 1 amide bonds. The van der Waals surface area contributed by atoms with Crippen LogP contribution in [0.5, 0.6) is 0 Å². The molecule has 3 rings (SSSR count). The van der Waals surface area contributed by atoms with E-state index in [0.29, 0.717) is 0 Å². The van der Waals surface area contributed by atoms with Gasteiger partial charge in [-0.25, -0.2) is 0 Å². The first-order chi connectivity index (χ1) is 9.61. The zero-order valence-electron chi connectivity index (χ0n) is 10.1. The Bertz CT molecular complexity index is 639. The highest BCUT2D eigenvalue weighted by Gasteiger charge is 2.53. The summed E-state index contributed by atoms with van der Waals surface area (Å²) in [6, 6.07) is 5.97. The molecule has 1 aromatic rings. The number of ether oxygens (including phenoxy) is 1. The normalized spacial score (nSPS) is 27.4. The SMILES string of the molecule is O=Nc1ccccc1C(=O)NC1=CC(O)C2OC2C1=O. The van der Waals surface area contributed by atoms with Crippen LogP contribution in [0.1, 0.15) is 10.4 Å². The highest BCUT2D eigenvalue weighted by molar-refractivity contribution is 6.08. The topological polar surface area (TPSA) is 108 Å². The minimum absolute atomic E-state index is 0.0186. The Morgan fingerprint density at radius 3 is 2.85 bits per heavy atom. The smallest absolute Gasteiger partial charge is 0.258 e. The molecule has 1 heterocycles. The third kappa shape index (κ3) is 2.02. The number of nitrogens with zero attached hydrogens (tertiary/aromatic N) is 1. The number of aliphatic hydroxyl groups is 1. The van der Waals surface area contributed by atoms with Gasteiger partial charge >= 0.3 is 0 Å². The number of carbonyl (C=O) groups is 2. The molecule has 20 heavy (non-hydrogen) atoms. The van der Waals surface area contributed by atoms with Crippen molar-refractivity contribution in [3.05, 3.63) is 46.5 Å². The van der Waals surface area contributed by atoms with E-state index in [1.807, 2.05) is 0 Å². The lowest BCUT2D eigenvalue weighted by molar-refractivity contribution is -0.117. The van der Waals surface area contributed by atoms with Crippen molar-refractivity contribution in [2.24, 2.45) is 5.18 Å². The maximum Gasteiger partial charge on any atom is 0.258 e. The van der Waals surface area contributed by atoms with Crippen molar-refractivity contribution in [1.82, 2.24) is 5.32 Å². The lowest BCUT2D eigenvalue weighted by atomic mass is 10.0. The van der Waals surface area contributed by atoms with E-state index in [2.05, 4.69) is 10.5 Å². The van der Waals surface area contributed by atoms with Crippen LogP contribution in [-0.2, 0) is 9.53 Å². The van der Waals surface area contributed by atoms with Gasteiger partial charge in [0.05, 0.1) is 11.3 Å². The van der Waals surface area contributed by atoms with Gasteiger partial charge in [-0.05, 0) is 23.4 Å². The molecule has 0 radical (unpaired) electrons. The van der Waals surface area contributed by atoms with Crippen molar-refractivity contribution < 1.29 is 19.4 Å². The summed E-state index contributed by atoms with van der Waals surface area (Å²) < 4.78 is 4.99. The van der Waals surface area contributed by atoms with Crippen molar-refractivity contribution in [1.29, 1.82) is 0 Å². The summed E-state index contributed by atoms with van der Waals surface area (Å²) >= 11 is 0. The zero-order valence-corrected chi connectivity index (χ0v) is 10.1.